The number of hydrogen-bond donors (Lipinski definition) is 1. The lowest BCUT2D eigenvalue weighted by Gasteiger charge is -2.03. The summed E-state index contributed by atoms with van der Waals surface area (Å²) in [6.45, 7) is 1.39. The Morgan fingerprint density at radius 2 is 1.89 bits per heavy atom. The SMILES string of the molecule is CC(=O)Nc1sc(Cl)cc1C(=O)c1ccccc1. The van der Waals surface area contributed by atoms with E-state index in [-0.39, 0.29) is 11.7 Å². The summed E-state index contributed by atoms with van der Waals surface area (Å²) in [4.78, 5) is 23.3. The minimum Gasteiger partial charge on any atom is -0.317 e. The van der Waals surface area contributed by atoms with Crippen LogP contribution in [0.3, 0.4) is 0 Å². The Hall–Kier alpha value is -1.65. The zero-order valence-corrected chi connectivity index (χ0v) is 11.1. The Morgan fingerprint density at radius 1 is 1.22 bits per heavy atom. The third-order valence-corrected chi connectivity index (χ3v) is 3.45. The maximum atomic E-state index is 12.3. The van der Waals surface area contributed by atoms with E-state index in [1.54, 1.807) is 30.3 Å². The fourth-order valence-electron chi connectivity index (χ4n) is 1.53. The van der Waals surface area contributed by atoms with Gasteiger partial charge in [-0.05, 0) is 6.07 Å². The van der Waals surface area contributed by atoms with Crippen molar-refractivity contribution in [2.75, 3.05) is 5.32 Å². The highest BCUT2D eigenvalue weighted by molar-refractivity contribution is 7.20. The van der Waals surface area contributed by atoms with E-state index >= 15 is 0 Å². The van der Waals surface area contributed by atoms with Gasteiger partial charge in [-0.25, -0.2) is 0 Å². The Labute approximate surface area is 113 Å². The molecule has 0 fully saturated rings. The van der Waals surface area contributed by atoms with Gasteiger partial charge in [0, 0.05) is 12.5 Å². The number of rotatable bonds is 3. The van der Waals surface area contributed by atoms with E-state index in [1.807, 2.05) is 6.07 Å². The van der Waals surface area contributed by atoms with Gasteiger partial charge in [-0.2, -0.15) is 0 Å². The van der Waals surface area contributed by atoms with E-state index in [0.29, 0.717) is 20.5 Å². The normalized spacial score (nSPS) is 10.1. The largest absolute Gasteiger partial charge is 0.317 e. The monoisotopic (exact) mass is 279 g/mol. The molecule has 0 unspecified atom stereocenters. The smallest absolute Gasteiger partial charge is 0.221 e. The molecule has 3 nitrogen and oxygen atoms in total. The Kier molecular flexibility index (Phi) is 3.79. The van der Waals surface area contributed by atoms with Gasteiger partial charge in [0.25, 0.3) is 0 Å². The lowest BCUT2D eigenvalue weighted by Crippen LogP contribution is -2.09. The topological polar surface area (TPSA) is 46.2 Å². The third-order valence-electron chi connectivity index (χ3n) is 2.27. The predicted octanol–water partition coefficient (Wildman–Crippen LogP) is 3.59. The minimum absolute atomic E-state index is 0.150. The number of nitrogens with one attached hydrogen (secondary N) is 1. The lowest BCUT2D eigenvalue weighted by molar-refractivity contribution is -0.114. The van der Waals surface area contributed by atoms with E-state index in [4.69, 9.17) is 11.6 Å². The second kappa shape index (κ2) is 5.33. The molecule has 1 heterocycles. The van der Waals surface area contributed by atoms with Crippen molar-refractivity contribution >= 4 is 39.6 Å². The number of carbonyl (C=O) groups excluding carboxylic acids is 2. The molecule has 1 aromatic heterocycles. The van der Waals surface area contributed by atoms with Crippen LogP contribution in [0, 0.1) is 0 Å². The molecule has 2 rings (SSSR count). The molecule has 0 saturated carbocycles. The van der Waals surface area contributed by atoms with Crippen LogP contribution >= 0.6 is 22.9 Å². The van der Waals surface area contributed by atoms with Crippen molar-refractivity contribution in [2.45, 2.75) is 6.92 Å². The Bertz CT molecular complexity index is 592. The highest BCUT2D eigenvalue weighted by Gasteiger charge is 2.17. The van der Waals surface area contributed by atoms with Gasteiger partial charge in [-0.1, -0.05) is 41.9 Å². The molecule has 0 aliphatic carbocycles. The Morgan fingerprint density at radius 3 is 2.50 bits per heavy atom. The first kappa shape index (κ1) is 12.8. The number of anilines is 1. The van der Waals surface area contributed by atoms with Crippen LogP contribution in [-0.4, -0.2) is 11.7 Å². The molecule has 92 valence electrons. The lowest BCUT2D eigenvalue weighted by atomic mass is 10.1. The summed E-state index contributed by atoms with van der Waals surface area (Å²) >= 11 is 7.07. The van der Waals surface area contributed by atoms with Crippen molar-refractivity contribution in [3.63, 3.8) is 0 Å². The summed E-state index contributed by atoms with van der Waals surface area (Å²) < 4.78 is 0.470. The van der Waals surface area contributed by atoms with Crippen molar-refractivity contribution in [3.05, 3.63) is 51.9 Å². The molecular formula is C13H10ClNO2S. The molecule has 0 atom stereocenters. The van der Waals surface area contributed by atoms with Crippen molar-refractivity contribution in [2.24, 2.45) is 0 Å². The molecule has 0 bridgehead atoms. The highest BCUT2D eigenvalue weighted by Crippen LogP contribution is 2.33. The predicted molar refractivity (Wildman–Crippen MR) is 73.5 cm³/mol. The average molecular weight is 280 g/mol. The summed E-state index contributed by atoms with van der Waals surface area (Å²) in [7, 11) is 0. The standard InChI is InChI=1S/C13H10ClNO2S/c1-8(16)15-13-10(7-11(14)18-13)12(17)9-5-3-2-4-6-9/h2-7H,1H3,(H,15,16). The van der Waals surface area contributed by atoms with Crippen LogP contribution < -0.4 is 5.32 Å². The molecule has 1 amide bonds. The molecule has 0 aliphatic heterocycles. The molecule has 0 spiro atoms. The van der Waals surface area contributed by atoms with E-state index in [1.165, 1.54) is 18.3 Å². The zero-order chi connectivity index (χ0) is 13.1. The fourth-order valence-corrected chi connectivity index (χ4v) is 2.70. The van der Waals surface area contributed by atoms with E-state index in [0.717, 1.165) is 0 Å². The molecule has 2 aromatic rings. The van der Waals surface area contributed by atoms with Crippen LogP contribution in [0.15, 0.2) is 36.4 Å². The first-order chi connectivity index (χ1) is 8.58. The number of halogens is 1. The van der Waals surface area contributed by atoms with Crippen LogP contribution in [0.1, 0.15) is 22.8 Å². The van der Waals surface area contributed by atoms with E-state index in [2.05, 4.69) is 5.32 Å². The van der Waals surface area contributed by atoms with Crippen molar-refractivity contribution in [1.82, 2.24) is 0 Å². The Balaban J connectivity index is 2.39. The first-order valence-corrected chi connectivity index (χ1v) is 6.44. The van der Waals surface area contributed by atoms with Crippen LogP contribution in [0.2, 0.25) is 4.34 Å². The molecule has 0 radical (unpaired) electrons. The summed E-state index contributed by atoms with van der Waals surface area (Å²) in [5.41, 5.74) is 0.991. The second-order valence-corrected chi connectivity index (χ2v) is 5.35. The number of hydrogen-bond acceptors (Lipinski definition) is 3. The van der Waals surface area contributed by atoms with E-state index < -0.39 is 0 Å². The third kappa shape index (κ3) is 2.78. The van der Waals surface area contributed by atoms with Gasteiger partial charge >= 0.3 is 0 Å². The molecular weight excluding hydrogens is 270 g/mol. The van der Waals surface area contributed by atoms with Crippen molar-refractivity contribution in [3.8, 4) is 0 Å². The van der Waals surface area contributed by atoms with Gasteiger partial charge in [-0.3, -0.25) is 9.59 Å². The maximum absolute atomic E-state index is 12.3. The molecule has 1 aromatic carbocycles. The van der Waals surface area contributed by atoms with Crippen LogP contribution in [0.5, 0.6) is 0 Å². The van der Waals surface area contributed by atoms with Crippen LogP contribution in [0.25, 0.3) is 0 Å². The number of benzene rings is 1. The summed E-state index contributed by atoms with van der Waals surface area (Å²) in [5.74, 6) is -0.377. The maximum Gasteiger partial charge on any atom is 0.221 e. The van der Waals surface area contributed by atoms with Gasteiger partial charge < -0.3 is 5.32 Å². The van der Waals surface area contributed by atoms with Gasteiger partial charge in [-0.15, -0.1) is 11.3 Å². The van der Waals surface area contributed by atoms with Gasteiger partial charge in [0.2, 0.25) is 5.91 Å². The molecule has 0 aliphatic rings. The highest BCUT2D eigenvalue weighted by atomic mass is 35.5. The van der Waals surface area contributed by atoms with Crippen molar-refractivity contribution < 1.29 is 9.59 Å². The number of ketones is 1. The van der Waals surface area contributed by atoms with Gasteiger partial charge in [0.1, 0.15) is 5.00 Å². The van der Waals surface area contributed by atoms with Gasteiger partial charge in [0.05, 0.1) is 9.90 Å². The first-order valence-electron chi connectivity index (χ1n) is 5.24. The minimum atomic E-state index is -0.226. The van der Waals surface area contributed by atoms with Gasteiger partial charge in [0.15, 0.2) is 5.78 Å². The van der Waals surface area contributed by atoms with Crippen LogP contribution in [0.4, 0.5) is 5.00 Å². The second-order valence-electron chi connectivity index (χ2n) is 3.67. The summed E-state index contributed by atoms with van der Waals surface area (Å²) in [6.07, 6.45) is 0. The number of carbonyl (C=O) groups is 2. The fraction of sp³-hybridized carbons (Fsp3) is 0.0769. The molecule has 0 saturated heterocycles. The quantitative estimate of drug-likeness (QED) is 0.873. The van der Waals surface area contributed by atoms with Crippen LogP contribution in [-0.2, 0) is 4.79 Å². The van der Waals surface area contributed by atoms with E-state index in [9.17, 15) is 9.59 Å². The number of amides is 1. The molecule has 18 heavy (non-hydrogen) atoms. The zero-order valence-electron chi connectivity index (χ0n) is 9.57. The summed E-state index contributed by atoms with van der Waals surface area (Å²) in [5, 5.41) is 3.11. The molecule has 5 heteroatoms. The van der Waals surface area contributed by atoms with Crippen molar-refractivity contribution in [1.29, 1.82) is 0 Å². The number of thiophene rings is 1. The summed E-state index contributed by atoms with van der Waals surface area (Å²) in [6, 6.07) is 10.5. The average Bonchev–Trinajstić information content (AvgIpc) is 2.69. The molecule has 1 N–H and O–H groups in total.